The van der Waals surface area contributed by atoms with Crippen molar-refractivity contribution in [1.82, 2.24) is 9.88 Å². The first kappa shape index (κ1) is 18.5. The lowest BCUT2D eigenvalue weighted by Gasteiger charge is -2.26. The third-order valence-electron chi connectivity index (χ3n) is 4.53. The van der Waals surface area contributed by atoms with Crippen molar-refractivity contribution in [3.05, 3.63) is 70.9 Å². The van der Waals surface area contributed by atoms with Crippen LogP contribution in [0.4, 0.5) is 10.5 Å². The molecule has 2 aromatic carbocycles. The summed E-state index contributed by atoms with van der Waals surface area (Å²) in [7, 11) is 0. The van der Waals surface area contributed by atoms with Crippen LogP contribution in [0.15, 0.2) is 60.3 Å². The number of carbonyl (C=O) groups is 3. The second-order valence-electron chi connectivity index (χ2n) is 6.33. The highest BCUT2D eigenvalue weighted by molar-refractivity contribution is 6.39. The van der Waals surface area contributed by atoms with Crippen LogP contribution in [0.2, 0.25) is 5.02 Å². The van der Waals surface area contributed by atoms with Crippen LogP contribution in [-0.4, -0.2) is 22.4 Å². The summed E-state index contributed by atoms with van der Waals surface area (Å²) in [6.45, 7) is 0.122. The van der Waals surface area contributed by atoms with E-state index in [4.69, 9.17) is 16.9 Å². The number of hydrogen-bond donors (Lipinski definition) is 1. The van der Waals surface area contributed by atoms with Crippen molar-refractivity contribution in [2.75, 3.05) is 4.90 Å². The van der Waals surface area contributed by atoms with Gasteiger partial charge in [-0.3, -0.25) is 14.9 Å². The highest BCUT2D eigenvalue weighted by Crippen LogP contribution is 2.27. The Morgan fingerprint density at radius 2 is 1.90 bits per heavy atom. The normalized spacial score (nSPS) is 15.7. The number of benzene rings is 2. The molecule has 2 heterocycles. The van der Waals surface area contributed by atoms with Crippen LogP contribution in [0, 0.1) is 11.3 Å². The molecule has 0 spiro atoms. The first-order valence-electron chi connectivity index (χ1n) is 8.61. The van der Waals surface area contributed by atoms with E-state index in [0.717, 1.165) is 15.8 Å². The van der Waals surface area contributed by atoms with E-state index < -0.39 is 17.8 Å². The summed E-state index contributed by atoms with van der Waals surface area (Å²) in [5.41, 5.74) is 1.46. The van der Waals surface area contributed by atoms with Crippen LogP contribution in [-0.2, 0) is 16.1 Å². The van der Waals surface area contributed by atoms with E-state index >= 15 is 0 Å². The molecule has 0 radical (unpaired) electrons. The molecular formula is C21H13ClN4O3. The zero-order valence-corrected chi connectivity index (χ0v) is 15.7. The lowest BCUT2D eigenvalue weighted by molar-refractivity contribution is -0.122. The molecule has 4 rings (SSSR count). The van der Waals surface area contributed by atoms with E-state index in [1.165, 1.54) is 12.1 Å². The number of carbonyl (C=O) groups excluding carboxylic acids is 3. The van der Waals surface area contributed by atoms with Gasteiger partial charge in [0.1, 0.15) is 12.1 Å². The summed E-state index contributed by atoms with van der Waals surface area (Å²) >= 11 is 5.97. The van der Waals surface area contributed by atoms with Crippen LogP contribution >= 0.6 is 11.6 Å². The van der Waals surface area contributed by atoms with Gasteiger partial charge in [-0.1, -0.05) is 35.9 Å². The number of anilines is 1. The van der Waals surface area contributed by atoms with Gasteiger partial charge in [-0.25, -0.2) is 9.69 Å². The topological polar surface area (TPSA) is 95.2 Å². The van der Waals surface area contributed by atoms with Gasteiger partial charge in [0, 0.05) is 27.7 Å². The molecule has 1 aliphatic heterocycles. The zero-order valence-electron chi connectivity index (χ0n) is 14.9. The number of hydrogen-bond acceptors (Lipinski definition) is 4. The van der Waals surface area contributed by atoms with Crippen LogP contribution in [0.25, 0.3) is 17.0 Å². The Kier molecular flexibility index (Phi) is 4.63. The summed E-state index contributed by atoms with van der Waals surface area (Å²) in [5, 5.41) is 12.4. The van der Waals surface area contributed by atoms with Gasteiger partial charge in [0.15, 0.2) is 0 Å². The summed E-state index contributed by atoms with van der Waals surface area (Å²) in [4.78, 5) is 38.6. The van der Waals surface area contributed by atoms with Crippen LogP contribution < -0.4 is 10.2 Å². The van der Waals surface area contributed by atoms with E-state index in [-0.39, 0.29) is 17.8 Å². The zero-order chi connectivity index (χ0) is 20.5. The van der Waals surface area contributed by atoms with Gasteiger partial charge in [0.05, 0.1) is 11.8 Å². The Balaban J connectivity index is 1.82. The SMILES string of the molecule is N#CCn1cc(/C=C2\C(=O)NC(=O)N(c3cccc(Cl)c3)C2=O)c2ccccc21. The minimum absolute atomic E-state index is 0.122. The largest absolute Gasteiger partial charge is 0.335 e. The van der Waals surface area contributed by atoms with E-state index in [1.54, 1.807) is 29.0 Å². The van der Waals surface area contributed by atoms with Crippen molar-refractivity contribution in [2.24, 2.45) is 0 Å². The maximum atomic E-state index is 13.0. The minimum Gasteiger partial charge on any atom is -0.333 e. The molecule has 1 aliphatic rings. The van der Waals surface area contributed by atoms with Crippen molar-refractivity contribution in [3.8, 4) is 6.07 Å². The van der Waals surface area contributed by atoms with Gasteiger partial charge >= 0.3 is 6.03 Å². The maximum Gasteiger partial charge on any atom is 0.335 e. The summed E-state index contributed by atoms with van der Waals surface area (Å²) in [6, 6.07) is 14.8. The Morgan fingerprint density at radius 1 is 1.10 bits per heavy atom. The van der Waals surface area contributed by atoms with Gasteiger partial charge in [-0.05, 0) is 30.3 Å². The number of halogens is 1. The summed E-state index contributed by atoms with van der Waals surface area (Å²) in [6.07, 6.45) is 3.12. The number of nitrogens with one attached hydrogen (secondary N) is 1. The number of nitriles is 1. The lowest BCUT2D eigenvalue weighted by atomic mass is 10.1. The minimum atomic E-state index is -0.841. The van der Waals surface area contributed by atoms with Crippen LogP contribution in [0.5, 0.6) is 0 Å². The average molecular weight is 405 g/mol. The molecule has 0 saturated carbocycles. The van der Waals surface area contributed by atoms with Crippen LogP contribution in [0.1, 0.15) is 5.56 Å². The number of nitrogens with zero attached hydrogens (tertiary/aromatic N) is 3. The van der Waals surface area contributed by atoms with Gasteiger partial charge in [0.25, 0.3) is 11.8 Å². The van der Waals surface area contributed by atoms with Crippen molar-refractivity contribution in [2.45, 2.75) is 6.54 Å². The van der Waals surface area contributed by atoms with Crippen molar-refractivity contribution >= 4 is 52.1 Å². The quantitative estimate of drug-likeness (QED) is 0.534. The number of urea groups is 1. The maximum absolute atomic E-state index is 13.0. The van der Waals surface area contributed by atoms with Gasteiger partial charge in [0.2, 0.25) is 0 Å². The second-order valence-corrected chi connectivity index (χ2v) is 6.76. The lowest BCUT2D eigenvalue weighted by Crippen LogP contribution is -2.54. The Hall–Kier alpha value is -3.89. The van der Waals surface area contributed by atoms with Crippen molar-refractivity contribution < 1.29 is 14.4 Å². The number of imide groups is 2. The third-order valence-corrected chi connectivity index (χ3v) is 4.76. The summed E-state index contributed by atoms with van der Waals surface area (Å²) < 4.78 is 1.73. The highest BCUT2D eigenvalue weighted by Gasteiger charge is 2.37. The van der Waals surface area contributed by atoms with Gasteiger partial charge in [-0.2, -0.15) is 5.26 Å². The first-order valence-corrected chi connectivity index (χ1v) is 8.99. The highest BCUT2D eigenvalue weighted by atomic mass is 35.5. The molecule has 1 saturated heterocycles. The molecule has 1 fully saturated rings. The van der Waals surface area contributed by atoms with Crippen molar-refractivity contribution in [1.29, 1.82) is 5.26 Å². The molecule has 0 bridgehead atoms. The summed E-state index contributed by atoms with van der Waals surface area (Å²) in [5.74, 6) is -1.53. The molecule has 0 aliphatic carbocycles. The third kappa shape index (κ3) is 3.26. The molecule has 1 N–H and O–H groups in total. The van der Waals surface area contributed by atoms with Crippen LogP contribution in [0.3, 0.4) is 0 Å². The van der Waals surface area contributed by atoms with Gasteiger partial charge < -0.3 is 4.57 Å². The Labute approximate surface area is 170 Å². The molecule has 3 aromatic rings. The molecule has 0 atom stereocenters. The Morgan fingerprint density at radius 3 is 2.66 bits per heavy atom. The molecule has 0 unspecified atom stereocenters. The molecule has 142 valence electrons. The fourth-order valence-electron chi connectivity index (χ4n) is 3.26. The Bertz CT molecular complexity index is 1250. The number of rotatable bonds is 3. The molecule has 8 heteroatoms. The molecule has 4 amide bonds. The molecule has 1 aromatic heterocycles. The predicted octanol–water partition coefficient (Wildman–Crippen LogP) is 3.48. The number of amides is 4. The number of fused-ring (bicyclic) bond motifs is 1. The smallest absolute Gasteiger partial charge is 0.333 e. The number of para-hydroxylation sites is 1. The average Bonchev–Trinajstić information content (AvgIpc) is 3.03. The fraction of sp³-hybridized carbons (Fsp3) is 0.0476. The van der Waals surface area contributed by atoms with E-state index in [0.29, 0.717) is 10.6 Å². The molecule has 7 nitrogen and oxygen atoms in total. The number of barbiturate groups is 1. The first-order chi connectivity index (χ1) is 14.0. The molecular weight excluding hydrogens is 392 g/mol. The second kappa shape index (κ2) is 7.26. The number of aromatic nitrogens is 1. The molecule has 29 heavy (non-hydrogen) atoms. The van der Waals surface area contributed by atoms with E-state index in [9.17, 15) is 14.4 Å². The monoisotopic (exact) mass is 404 g/mol. The van der Waals surface area contributed by atoms with Gasteiger partial charge in [-0.15, -0.1) is 0 Å². The standard InChI is InChI=1S/C21H13ClN4O3/c22-14-4-3-5-15(11-14)26-20(28)17(19(27)24-21(26)29)10-13-12-25(9-8-23)18-7-2-1-6-16(13)18/h1-7,10-12H,9H2,(H,24,27,29)/b17-10+. The van der Waals surface area contributed by atoms with Crippen molar-refractivity contribution in [3.63, 3.8) is 0 Å². The predicted molar refractivity (Wildman–Crippen MR) is 108 cm³/mol. The fourth-order valence-corrected chi connectivity index (χ4v) is 3.44. The van der Waals surface area contributed by atoms with E-state index in [2.05, 4.69) is 11.4 Å². The van der Waals surface area contributed by atoms with E-state index in [1.807, 2.05) is 24.3 Å².